The van der Waals surface area contributed by atoms with E-state index in [0.29, 0.717) is 119 Å². The Balaban J connectivity index is 0.574. The number of nitrogens with two attached hydrogens (primary N) is 1. The predicted octanol–water partition coefficient (Wildman–Crippen LogP) is 11.0. The molecule has 1 fully saturated rings. The van der Waals surface area contributed by atoms with Gasteiger partial charge in [-0.25, -0.2) is 45.5 Å². The quantitative estimate of drug-likeness (QED) is 0.00425. The Bertz CT molecular complexity index is 6320. The highest BCUT2D eigenvalue weighted by Crippen LogP contribution is 2.68. The lowest BCUT2D eigenvalue weighted by Gasteiger charge is -2.25. The van der Waals surface area contributed by atoms with Gasteiger partial charge in [0.15, 0.2) is 29.1 Å². The molecule has 5 aliphatic rings. The first-order valence-corrected chi connectivity index (χ1v) is 52.4. The second-order valence-corrected chi connectivity index (χ2v) is 44.2. The number of carbonyl (C=O) groups is 2. The van der Waals surface area contributed by atoms with Crippen molar-refractivity contribution in [3.05, 3.63) is 167 Å². The van der Waals surface area contributed by atoms with Gasteiger partial charge < -0.3 is 64.9 Å². The molecule has 7 heterocycles. The average molecular weight is 1940 g/mol. The minimum atomic E-state index is -5.93. The van der Waals surface area contributed by atoms with E-state index in [1.165, 1.54) is 53.1 Å². The van der Waals surface area contributed by atoms with Crippen molar-refractivity contribution in [1.29, 1.82) is 0 Å². The molecule has 11 N–H and O–H groups in total. The van der Waals surface area contributed by atoms with Gasteiger partial charge in [0.25, 0.3) is 20.2 Å². The number of aliphatic hydroxyl groups is 2. The van der Waals surface area contributed by atoms with Crippen LogP contribution in [0.15, 0.2) is 159 Å². The zero-order valence-corrected chi connectivity index (χ0v) is 79.4. The summed E-state index contributed by atoms with van der Waals surface area (Å²) >= 11 is 0. The number of fused-ring (bicyclic) bond motifs is 5. The maximum absolute atomic E-state index is 13.0. The molecule has 0 aliphatic carbocycles. The lowest BCUT2D eigenvalue weighted by atomic mass is 9.81. The molecule has 3 unspecified atom stereocenters. The molecule has 2 aromatic heterocycles. The number of aliphatic hydroxyl groups excluding tert-OH is 2. The van der Waals surface area contributed by atoms with Gasteiger partial charge in [0.2, 0.25) is 29.0 Å². The van der Waals surface area contributed by atoms with Crippen LogP contribution in [0.1, 0.15) is 193 Å². The number of anilines is 3. The van der Waals surface area contributed by atoms with Gasteiger partial charge >= 0.3 is 23.5 Å². The Morgan fingerprint density at radius 1 is 0.569 bits per heavy atom. The molecule has 0 radical (unpaired) electrons. The third kappa shape index (κ3) is 23.7. The molecule has 1 saturated heterocycles. The highest BCUT2D eigenvalue weighted by Gasteiger charge is 2.51. The molecule has 38 nitrogen and oxygen atoms in total. The number of imidazole rings is 1. The molecule has 130 heavy (non-hydrogen) atoms. The van der Waals surface area contributed by atoms with Crippen LogP contribution >= 0.6 is 23.5 Å². The fourth-order valence-corrected chi connectivity index (χ4v) is 22.5. The topological polar surface area (TPSA) is 562 Å². The molecule has 7 atom stereocenters. The standard InChI is InChI=1S/C85H110N11O27P3S4/c1-11-92-64-41-37-56(127(107,108)109)50-60(64)82(3,4)69(92)30-19-15-20-31-71-84(7,8)62-52-58(129(113,114)115)39-43-66(62)94(71)47-26-17-22-36-75(98)88-46-25-16-21-34-73-90-79(86)76-80(91-73)96(55-89-76)81-78(100)77(99)68(121-81)54-120-125(103,104)123-126(105,106)122-124(101,102)119-49-28-14-13-24-45-87-74(97)35-23-18-27-48-95-67-44-40-59(130(116,117)118)53-63(67)85(9,10)72(95)33-29-32-70-83(5,6)61-51-57(128(110,111)112)38-42-65(61)93(70)12-2/h15,19-20,29-33,37-44,50-53,55,68,77-78,81,99-100H,11-14,16-18,22-28,35-36,45-49,54H2,1-10H3,(H9-2,86,87,88,90,91,97,98,101,102,103,104,105,106,107,108,109,110,111,112,113,114,115,116,117,118)/t68-,77-,78-,81-/m1/s1. The van der Waals surface area contributed by atoms with E-state index in [4.69, 9.17) is 19.5 Å². The van der Waals surface area contributed by atoms with Crippen molar-refractivity contribution in [1.82, 2.24) is 30.2 Å². The number of nitrogens with one attached hydrogen (secondary N) is 2. The first-order chi connectivity index (χ1) is 60.7. The Morgan fingerprint density at radius 2 is 1.03 bits per heavy atom. The van der Waals surface area contributed by atoms with Gasteiger partial charge in [-0.15, -0.1) is 0 Å². The molecule has 6 aromatic rings. The van der Waals surface area contributed by atoms with Crippen molar-refractivity contribution in [3.63, 3.8) is 0 Å². The maximum atomic E-state index is 13.0. The summed E-state index contributed by atoms with van der Waals surface area (Å²) in [6, 6.07) is 17.7. The fourth-order valence-electron chi connectivity index (χ4n) is 16.9. The average Bonchev–Trinajstić information content (AvgIpc) is 1.59. The van der Waals surface area contributed by atoms with E-state index in [9.17, 15) is 100 Å². The van der Waals surface area contributed by atoms with Gasteiger partial charge in [-0.1, -0.05) is 70.8 Å². The van der Waals surface area contributed by atoms with E-state index in [2.05, 4.69) is 60.1 Å². The Kier molecular flexibility index (Phi) is 31.8. The van der Waals surface area contributed by atoms with E-state index in [1.54, 1.807) is 24.3 Å². The SMILES string of the molecule is CCN1/C(=C/C=C/C=C/C2=[N+](CCCCCC(=O)NCCCC#Cc3nc(N)c4ncn([C@@H]5O[C@H](COP(=O)(O)OP(=O)(O)OP(=O)(O)OCCCCCCNC(=O)CCCCC[N+]6=C(/C=C/C=C7/N(CC)c8ccc(S(=O)(=O)[O-])cc8C7(C)C)C(C)(C)c7cc(S(=O)(=O)O)ccc76)[C@@H](O)[C@H]5O)c4n3)c3ccc(S(=O)(=O)O)cc3C2(C)C)C(C)(C)c2cc(S(=O)(=O)[O-])ccc21. The van der Waals surface area contributed by atoms with Gasteiger partial charge in [-0.3, -0.25) is 32.3 Å². The summed E-state index contributed by atoms with van der Waals surface area (Å²) < 4.78 is 208. The summed E-state index contributed by atoms with van der Waals surface area (Å²) in [6.07, 6.45) is 16.0. The van der Waals surface area contributed by atoms with Gasteiger partial charge in [-0.2, -0.15) is 34.6 Å². The molecule has 45 heteroatoms. The first kappa shape index (κ1) is 102. The second-order valence-electron chi connectivity index (χ2n) is 34.0. The summed E-state index contributed by atoms with van der Waals surface area (Å²) in [5.41, 5.74) is 12.7. The number of hydrogen-bond donors (Lipinski definition) is 10. The Labute approximate surface area is 756 Å². The zero-order valence-electron chi connectivity index (χ0n) is 73.4. The van der Waals surface area contributed by atoms with Crippen molar-refractivity contribution in [3.8, 4) is 11.8 Å². The normalized spacial score (nSPS) is 20.8. The van der Waals surface area contributed by atoms with Crippen molar-refractivity contribution in [2.24, 2.45) is 0 Å². The van der Waals surface area contributed by atoms with Crippen LogP contribution in [0.25, 0.3) is 11.2 Å². The number of phosphoric ester groups is 2. The number of hydrogen-bond acceptors (Lipinski definition) is 28. The second kappa shape index (κ2) is 40.6. The minimum Gasteiger partial charge on any atom is -0.744 e. The van der Waals surface area contributed by atoms with E-state index in [0.717, 1.165) is 51.9 Å². The number of nitrogen functional groups attached to an aromatic ring is 1. The molecule has 0 saturated carbocycles. The molecule has 4 aromatic carbocycles. The summed E-state index contributed by atoms with van der Waals surface area (Å²) in [4.78, 5) is 72.6. The van der Waals surface area contributed by atoms with E-state index in [-0.39, 0.29) is 86.4 Å². The molecule has 2 amide bonds. The highest BCUT2D eigenvalue weighted by molar-refractivity contribution is 7.86. The van der Waals surface area contributed by atoms with E-state index >= 15 is 0 Å². The maximum Gasteiger partial charge on any atom is 0.490 e. The summed E-state index contributed by atoms with van der Waals surface area (Å²) in [5.74, 6) is 5.16. The van der Waals surface area contributed by atoms with Crippen LogP contribution in [0.2, 0.25) is 0 Å². The monoisotopic (exact) mass is 1940 g/mol. The first-order valence-electron chi connectivity index (χ1n) is 42.2. The van der Waals surface area contributed by atoms with Gasteiger partial charge in [0, 0.05) is 127 Å². The van der Waals surface area contributed by atoms with E-state index < -0.39 is 123 Å². The number of phosphoric acid groups is 3. The lowest BCUT2D eigenvalue weighted by Crippen LogP contribution is -2.33. The lowest BCUT2D eigenvalue weighted by molar-refractivity contribution is -0.438. The zero-order chi connectivity index (χ0) is 95.3. The van der Waals surface area contributed by atoms with Crippen LogP contribution < -0.4 is 26.2 Å². The van der Waals surface area contributed by atoms with Crippen LogP contribution in [0.5, 0.6) is 0 Å². The van der Waals surface area contributed by atoms with Gasteiger partial charge in [0.05, 0.1) is 50.0 Å². The number of amides is 2. The minimum absolute atomic E-state index is 0.0167. The predicted molar refractivity (Wildman–Crippen MR) is 479 cm³/mol. The van der Waals surface area contributed by atoms with Crippen molar-refractivity contribution in [2.75, 3.05) is 68.0 Å². The van der Waals surface area contributed by atoms with Gasteiger partial charge in [-0.05, 0) is 176 Å². The van der Waals surface area contributed by atoms with Crippen molar-refractivity contribution < 1.29 is 132 Å². The van der Waals surface area contributed by atoms with Crippen LogP contribution in [-0.2, 0) is 108 Å². The van der Waals surface area contributed by atoms with Crippen LogP contribution in [0.4, 0.5) is 28.6 Å². The van der Waals surface area contributed by atoms with Crippen LogP contribution in [0.3, 0.4) is 0 Å². The number of carbonyl (C=O) groups excluding carboxylic acids is 2. The number of nitrogens with zero attached hydrogens (tertiary/aromatic N) is 8. The van der Waals surface area contributed by atoms with E-state index in [1.807, 2.05) is 123 Å². The largest absolute Gasteiger partial charge is 0.744 e. The molecule has 0 bridgehead atoms. The number of allylic oxidation sites excluding steroid dienone is 10. The molecular weight excluding hydrogens is 1830 g/mol. The Morgan fingerprint density at radius 3 is 1.53 bits per heavy atom. The molecule has 0 spiro atoms. The number of aromatic nitrogens is 4. The molecular formula is C85H110N11O27P3S4. The van der Waals surface area contributed by atoms with Crippen LogP contribution in [0, 0.1) is 11.8 Å². The van der Waals surface area contributed by atoms with Crippen molar-refractivity contribution in [2.45, 2.75) is 225 Å². The number of unbranched alkanes of at least 4 members (excludes halogenated alkanes) is 8. The summed E-state index contributed by atoms with van der Waals surface area (Å²) in [5, 5.41) is 27.9. The molecule has 11 rings (SSSR count). The fraction of sp³-hybridized carbons (Fsp3) is 0.471. The smallest absolute Gasteiger partial charge is 0.490 e. The number of benzene rings is 4. The number of likely N-dealkylation sites (N-methyl/N-ethyl adjacent to an activating group) is 2. The number of rotatable bonds is 42. The molecule has 5 aliphatic heterocycles. The number of ether oxygens (including phenoxy) is 1. The summed E-state index contributed by atoms with van der Waals surface area (Å²) in [6.45, 7) is 20.7. The van der Waals surface area contributed by atoms with Crippen molar-refractivity contribution >= 4 is 127 Å². The highest BCUT2D eigenvalue weighted by atomic mass is 32.2. The third-order valence-electron chi connectivity index (χ3n) is 23.6. The van der Waals surface area contributed by atoms with Gasteiger partial charge in [0.1, 0.15) is 57.2 Å². The third-order valence-corrected chi connectivity index (χ3v) is 31.2. The Hall–Kier alpha value is -8.70. The van der Waals surface area contributed by atoms with Crippen LogP contribution in [-0.4, -0.2) is 199 Å². The molecule has 706 valence electrons. The summed E-state index contributed by atoms with van der Waals surface area (Å²) in [7, 11) is -35.5.